The van der Waals surface area contributed by atoms with Crippen LogP contribution in [0.3, 0.4) is 0 Å². The number of benzene rings is 4. The molecule has 8 heterocycles. The molecule has 6 aliphatic heterocycles. The van der Waals surface area contributed by atoms with Crippen LogP contribution in [0.25, 0.3) is 22.8 Å². The SMILES string of the molecule is CC1(C)CN(C(=O)CO)CC[C@@H]1Oc1ccc(-c2ncnc(Nc3ccc(N4CCN(C5COC5)CC4)cc3)n2)cc1C#N.CC1(C)CN(C(=O)CO)CC[C@H]1Oc1ccc(-c2ncnc(Nc3ccc(N4CCN(C5COC5)CC4)cc3)n2)cc1C#N. The number of carbonyl (C=O) groups is 2. The van der Waals surface area contributed by atoms with Gasteiger partial charge in [-0.1, -0.05) is 27.7 Å². The van der Waals surface area contributed by atoms with Gasteiger partial charge in [0, 0.05) is 136 Å². The molecule has 0 spiro atoms. The Morgan fingerprint density at radius 2 is 0.943 bits per heavy atom. The molecule has 24 nitrogen and oxygen atoms in total. The monoisotopic (exact) mass is 1200 g/mol. The number of hydrogen-bond acceptors (Lipinski definition) is 22. The Balaban J connectivity index is 0.000000182. The largest absolute Gasteiger partial charge is 0.488 e. The Hall–Kier alpha value is -8.62. The minimum Gasteiger partial charge on any atom is -0.488 e. The molecule has 2 atom stereocenters. The Kier molecular flexibility index (Phi) is 18.9. The third-order valence-corrected chi connectivity index (χ3v) is 17.5. The fourth-order valence-corrected chi connectivity index (χ4v) is 12.1. The lowest BCUT2D eigenvalue weighted by atomic mass is 9.81. The van der Waals surface area contributed by atoms with Crippen molar-refractivity contribution in [3.8, 4) is 46.4 Å². The van der Waals surface area contributed by atoms with E-state index in [-0.39, 0.29) is 34.9 Å². The van der Waals surface area contributed by atoms with E-state index in [1.165, 1.54) is 24.0 Å². The van der Waals surface area contributed by atoms with Crippen molar-refractivity contribution in [2.45, 2.75) is 64.8 Å². The Bertz CT molecular complexity index is 3260. The molecule has 4 N–H and O–H groups in total. The summed E-state index contributed by atoms with van der Waals surface area (Å²) >= 11 is 0. The lowest BCUT2D eigenvalue weighted by molar-refractivity contribution is -0.140. The van der Waals surface area contributed by atoms with Crippen LogP contribution in [-0.2, 0) is 19.1 Å². The highest BCUT2D eigenvalue weighted by Gasteiger charge is 2.41. The minimum absolute atomic E-state index is 0.199. The fraction of sp³-hybridized carbons (Fsp3) is 0.469. The number of nitriles is 2. The summed E-state index contributed by atoms with van der Waals surface area (Å²) in [6.07, 6.45) is 3.70. The number of carbonyl (C=O) groups excluding carboxylic acids is 2. The van der Waals surface area contributed by atoms with Gasteiger partial charge in [0.2, 0.25) is 23.7 Å². The predicted octanol–water partition coefficient (Wildman–Crippen LogP) is 5.35. The molecule has 460 valence electrons. The van der Waals surface area contributed by atoms with Gasteiger partial charge in [-0.3, -0.25) is 19.4 Å². The van der Waals surface area contributed by atoms with Gasteiger partial charge in [0.1, 0.15) is 61.7 Å². The summed E-state index contributed by atoms with van der Waals surface area (Å²) in [5, 5.41) is 44.9. The molecule has 0 unspecified atom stereocenters. The zero-order valence-corrected chi connectivity index (χ0v) is 50.3. The van der Waals surface area contributed by atoms with Crippen molar-refractivity contribution in [2.75, 3.05) is 139 Å². The first kappa shape index (κ1) is 61.0. The zero-order valence-electron chi connectivity index (χ0n) is 50.3. The summed E-state index contributed by atoms with van der Waals surface area (Å²) in [6.45, 7) is 20.6. The third kappa shape index (κ3) is 14.3. The number of amides is 2. The highest BCUT2D eigenvalue weighted by atomic mass is 16.5. The highest BCUT2D eigenvalue weighted by molar-refractivity contribution is 5.78. The maximum absolute atomic E-state index is 12.0. The maximum Gasteiger partial charge on any atom is 0.248 e. The van der Waals surface area contributed by atoms with Gasteiger partial charge in [-0.05, 0) is 84.9 Å². The van der Waals surface area contributed by atoms with Crippen molar-refractivity contribution >= 4 is 46.5 Å². The van der Waals surface area contributed by atoms with E-state index >= 15 is 0 Å². The maximum atomic E-state index is 12.0. The molecular formula is C64H76N16O8. The van der Waals surface area contributed by atoms with Crippen molar-refractivity contribution in [2.24, 2.45) is 10.8 Å². The molecule has 6 saturated heterocycles. The molecule has 6 fully saturated rings. The summed E-state index contributed by atoms with van der Waals surface area (Å²) in [5.41, 5.74) is 5.49. The standard InChI is InChI=1S/2C32H38N8O4/c2*1-32(2)20-40(29(42)17-41)10-9-28(32)44-27-8-3-22(15-23(27)16-33)30-34-21-35-31(37-30)36-24-4-6-25(7-5-24)38-11-13-39(14-12-38)26-18-43-19-26/h2*3-8,15,21,26,28,41H,9-14,17-20H2,1-2H3,(H,34,35,36,37)/t2*28-/m10/s1. The van der Waals surface area contributed by atoms with Crippen LogP contribution >= 0.6 is 0 Å². The molecule has 4 aromatic carbocycles. The summed E-state index contributed by atoms with van der Waals surface area (Å²) in [6, 6.07) is 32.8. The highest BCUT2D eigenvalue weighted by Crippen LogP contribution is 2.37. The second-order valence-electron chi connectivity index (χ2n) is 24.4. The molecule has 12 rings (SSSR count). The van der Waals surface area contributed by atoms with Crippen LogP contribution in [0, 0.1) is 33.5 Å². The van der Waals surface area contributed by atoms with Crippen LogP contribution in [0.4, 0.5) is 34.6 Å². The molecule has 2 aromatic heterocycles. The molecule has 6 aromatic rings. The van der Waals surface area contributed by atoms with Gasteiger partial charge in [0.05, 0.1) is 49.6 Å². The number of nitrogens with one attached hydrogen (secondary N) is 2. The van der Waals surface area contributed by atoms with Crippen molar-refractivity contribution in [3.05, 3.63) is 109 Å². The molecular weight excluding hydrogens is 1120 g/mol. The van der Waals surface area contributed by atoms with Crippen LogP contribution in [-0.4, -0.2) is 214 Å². The molecule has 0 aliphatic carbocycles. The van der Waals surface area contributed by atoms with E-state index in [2.05, 4.69) is 96.5 Å². The lowest BCUT2D eigenvalue weighted by Gasteiger charge is -2.43. The van der Waals surface area contributed by atoms with E-state index in [9.17, 15) is 30.3 Å². The lowest BCUT2D eigenvalue weighted by Crippen LogP contribution is -2.56. The number of ether oxygens (including phenoxy) is 4. The van der Waals surface area contributed by atoms with E-state index in [0.29, 0.717) is 108 Å². The second kappa shape index (κ2) is 27.2. The van der Waals surface area contributed by atoms with Crippen molar-refractivity contribution < 1.29 is 38.7 Å². The summed E-state index contributed by atoms with van der Waals surface area (Å²) in [5.74, 6) is 2.07. The molecule has 0 radical (unpaired) electrons. The van der Waals surface area contributed by atoms with Crippen molar-refractivity contribution in [1.29, 1.82) is 10.5 Å². The number of aromatic nitrogens is 6. The first-order valence-electron chi connectivity index (χ1n) is 30.1. The number of aliphatic hydroxyl groups is 2. The van der Waals surface area contributed by atoms with Gasteiger partial charge in [-0.15, -0.1) is 0 Å². The summed E-state index contributed by atoms with van der Waals surface area (Å²) in [4.78, 5) is 63.6. The van der Waals surface area contributed by atoms with E-state index in [1.807, 2.05) is 64.1 Å². The molecule has 2 amide bonds. The number of piperidine rings is 2. The number of nitrogens with zero attached hydrogens (tertiary/aromatic N) is 14. The van der Waals surface area contributed by atoms with Crippen LogP contribution in [0.5, 0.6) is 11.5 Å². The second-order valence-corrected chi connectivity index (χ2v) is 24.4. The van der Waals surface area contributed by atoms with Crippen LogP contribution in [0.1, 0.15) is 51.7 Å². The minimum atomic E-state index is -0.503. The topological polar surface area (TPSA) is 280 Å². The van der Waals surface area contributed by atoms with Gasteiger partial charge < -0.3 is 59.4 Å². The number of hydrogen-bond donors (Lipinski definition) is 4. The van der Waals surface area contributed by atoms with Crippen LogP contribution in [0.2, 0.25) is 0 Å². The third-order valence-electron chi connectivity index (χ3n) is 17.5. The number of anilines is 6. The number of aliphatic hydroxyl groups excluding tert-OH is 2. The first-order chi connectivity index (χ1) is 42.6. The van der Waals surface area contributed by atoms with E-state index in [1.54, 1.807) is 34.1 Å². The zero-order chi connectivity index (χ0) is 61.4. The van der Waals surface area contributed by atoms with Crippen LogP contribution in [0.15, 0.2) is 97.6 Å². The number of piperazine rings is 2. The average molecular weight is 1200 g/mol. The van der Waals surface area contributed by atoms with Crippen molar-refractivity contribution in [1.82, 2.24) is 49.5 Å². The van der Waals surface area contributed by atoms with E-state index in [0.717, 1.165) is 90.2 Å². The predicted molar refractivity (Wildman–Crippen MR) is 329 cm³/mol. The molecule has 88 heavy (non-hydrogen) atoms. The van der Waals surface area contributed by atoms with Crippen molar-refractivity contribution in [3.63, 3.8) is 0 Å². The van der Waals surface area contributed by atoms with Gasteiger partial charge in [0.15, 0.2) is 11.6 Å². The molecule has 24 heteroatoms. The molecule has 6 aliphatic rings. The first-order valence-corrected chi connectivity index (χ1v) is 30.1. The van der Waals surface area contributed by atoms with Gasteiger partial charge in [-0.25, -0.2) is 19.9 Å². The number of rotatable bonds is 16. The fourth-order valence-electron chi connectivity index (χ4n) is 12.1. The summed E-state index contributed by atoms with van der Waals surface area (Å²) < 4.78 is 23.3. The normalized spacial score (nSPS) is 20.5. The Morgan fingerprint density at radius 1 is 0.557 bits per heavy atom. The Morgan fingerprint density at radius 3 is 1.27 bits per heavy atom. The Labute approximate surface area is 512 Å². The van der Waals surface area contributed by atoms with Crippen LogP contribution < -0.4 is 29.9 Å². The molecule has 0 saturated carbocycles. The molecule has 0 bridgehead atoms. The number of likely N-dealkylation sites (tertiary alicyclic amines) is 2. The smallest absolute Gasteiger partial charge is 0.248 e. The quantitative estimate of drug-likeness (QED) is 0.0951. The van der Waals surface area contributed by atoms with Gasteiger partial charge in [-0.2, -0.15) is 20.5 Å². The summed E-state index contributed by atoms with van der Waals surface area (Å²) in [7, 11) is 0. The van der Waals surface area contributed by atoms with E-state index in [4.69, 9.17) is 18.9 Å². The van der Waals surface area contributed by atoms with Gasteiger partial charge >= 0.3 is 0 Å². The van der Waals surface area contributed by atoms with Gasteiger partial charge in [0.25, 0.3) is 0 Å². The van der Waals surface area contributed by atoms with E-state index < -0.39 is 13.2 Å². The average Bonchev–Trinajstić information content (AvgIpc) is 3.25.